The largest absolute Gasteiger partial charge is 0.497 e. The van der Waals surface area contributed by atoms with Crippen molar-refractivity contribution in [3.05, 3.63) is 53.3 Å². The molecule has 0 fully saturated rings. The molecule has 8 nitrogen and oxygen atoms in total. The average Bonchev–Trinajstić information content (AvgIpc) is 3.30. The Hall–Kier alpha value is -3.07. The Morgan fingerprint density at radius 1 is 1.21 bits per heavy atom. The van der Waals surface area contributed by atoms with Crippen LogP contribution in [0.15, 0.2) is 42.7 Å². The third kappa shape index (κ3) is 4.09. The number of ether oxygens (including phenoxy) is 2. The molecule has 0 bridgehead atoms. The average molecular weight is 401 g/mol. The van der Waals surface area contributed by atoms with Crippen LogP contribution in [0.2, 0.25) is 0 Å². The predicted molar refractivity (Wildman–Crippen MR) is 108 cm³/mol. The molecule has 0 unspecified atom stereocenters. The van der Waals surface area contributed by atoms with Gasteiger partial charge in [0.1, 0.15) is 18.0 Å². The first kappa shape index (κ1) is 19.7. The molecule has 28 heavy (non-hydrogen) atoms. The second-order valence-electron chi connectivity index (χ2n) is 6.10. The van der Waals surface area contributed by atoms with Crippen molar-refractivity contribution in [1.82, 2.24) is 19.1 Å². The fraction of sp³-hybridized carbons (Fsp3) is 0.316. The molecule has 0 saturated carbocycles. The van der Waals surface area contributed by atoms with E-state index >= 15 is 0 Å². The van der Waals surface area contributed by atoms with Crippen LogP contribution < -0.4 is 14.8 Å². The monoisotopic (exact) mass is 401 g/mol. The van der Waals surface area contributed by atoms with Crippen molar-refractivity contribution in [2.24, 2.45) is 0 Å². The van der Waals surface area contributed by atoms with Crippen molar-refractivity contribution in [3.8, 4) is 11.5 Å². The number of hydrogen-bond acceptors (Lipinski definition) is 5. The first-order valence-electron chi connectivity index (χ1n) is 8.91. The van der Waals surface area contributed by atoms with Gasteiger partial charge >= 0.3 is 0 Å². The molecule has 0 radical (unpaired) electrons. The molecule has 0 aliphatic rings. The quantitative estimate of drug-likeness (QED) is 0.587. The van der Waals surface area contributed by atoms with Gasteiger partial charge in [-0.1, -0.05) is 6.92 Å². The lowest BCUT2D eigenvalue weighted by Gasteiger charge is -2.11. The van der Waals surface area contributed by atoms with Gasteiger partial charge in [0.05, 0.1) is 19.9 Å². The van der Waals surface area contributed by atoms with Gasteiger partial charge in [-0.3, -0.25) is 9.47 Å². The molecular formula is C19H23N5O3S. The molecule has 1 amide bonds. The SMILES string of the molecule is CCCc1nn(CC(=O)Nc2cc(OC)ccc2OC)c(=S)n1-n1cccc1. The van der Waals surface area contributed by atoms with E-state index < -0.39 is 0 Å². The Balaban J connectivity index is 1.85. The Kier molecular flexibility index (Phi) is 6.15. The van der Waals surface area contributed by atoms with Crippen molar-refractivity contribution in [1.29, 1.82) is 0 Å². The van der Waals surface area contributed by atoms with Crippen LogP contribution in [0.4, 0.5) is 5.69 Å². The third-order valence-corrected chi connectivity index (χ3v) is 4.53. The van der Waals surface area contributed by atoms with Crippen LogP contribution >= 0.6 is 12.2 Å². The minimum atomic E-state index is -0.261. The van der Waals surface area contributed by atoms with E-state index in [9.17, 15) is 4.79 Å². The Morgan fingerprint density at radius 2 is 1.96 bits per heavy atom. The highest BCUT2D eigenvalue weighted by Gasteiger charge is 2.15. The highest BCUT2D eigenvalue weighted by molar-refractivity contribution is 7.71. The summed E-state index contributed by atoms with van der Waals surface area (Å²) in [6, 6.07) is 9.03. The fourth-order valence-corrected chi connectivity index (χ4v) is 3.16. The van der Waals surface area contributed by atoms with E-state index in [1.165, 1.54) is 4.68 Å². The summed E-state index contributed by atoms with van der Waals surface area (Å²) < 4.78 is 16.2. The molecule has 3 aromatic rings. The van der Waals surface area contributed by atoms with E-state index in [2.05, 4.69) is 17.3 Å². The van der Waals surface area contributed by atoms with Crippen LogP contribution in [-0.4, -0.2) is 39.3 Å². The van der Waals surface area contributed by atoms with Crippen LogP contribution in [0, 0.1) is 4.77 Å². The van der Waals surface area contributed by atoms with Crippen LogP contribution in [0.3, 0.4) is 0 Å². The second kappa shape index (κ2) is 8.75. The van der Waals surface area contributed by atoms with E-state index in [4.69, 9.17) is 21.7 Å². The van der Waals surface area contributed by atoms with Gasteiger partial charge in [0, 0.05) is 24.9 Å². The lowest BCUT2D eigenvalue weighted by Crippen LogP contribution is -2.20. The topological polar surface area (TPSA) is 75.2 Å². The van der Waals surface area contributed by atoms with E-state index in [0.717, 1.165) is 18.7 Å². The summed E-state index contributed by atoms with van der Waals surface area (Å²) in [5.41, 5.74) is 0.525. The van der Waals surface area contributed by atoms with E-state index in [1.54, 1.807) is 32.4 Å². The smallest absolute Gasteiger partial charge is 0.246 e. The summed E-state index contributed by atoms with van der Waals surface area (Å²) in [7, 11) is 3.11. The fourth-order valence-electron chi connectivity index (χ4n) is 2.86. The minimum Gasteiger partial charge on any atom is -0.497 e. The van der Waals surface area contributed by atoms with Gasteiger partial charge in [-0.2, -0.15) is 5.10 Å². The highest BCUT2D eigenvalue weighted by Crippen LogP contribution is 2.28. The molecule has 0 aliphatic heterocycles. The van der Waals surface area contributed by atoms with Crippen molar-refractivity contribution in [2.75, 3.05) is 19.5 Å². The normalized spacial score (nSPS) is 10.7. The van der Waals surface area contributed by atoms with Gasteiger partial charge in [0.25, 0.3) is 0 Å². The standard InChI is InChI=1S/C19H23N5O3S/c1-4-7-17-21-23(19(28)24(17)22-10-5-6-11-22)13-18(25)20-15-12-14(26-2)8-9-16(15)27-3/h5-6,8-12H,4,7,13H2,1-3H3,(H,20,25). The van der Waals surface area contributed by atoms with Crippen LogP contribution in [0.1, 0.15) is 19.2 Å². The molecule has 1 aromatic carbocycles. The number of nitrogens with one attached hydrogen (secondary N) is 1. The molecule has 1 N–H and O–H groups in total. The zero-order chi connectivity index (χ0) is 20.1. The van der Waals surface area contributed by atoms with Gasteiger partial charge in [-0.15, -0.1) is 0 Å². The molecule has 0 spiro atoms. The summed E-state index contributed by atoms with van der Waals surface area (Å²) >= 11 is 5.56. The number of rotatable bonds is 8. The highest BCUT2D eigenvalue weighted by atomic mass is 32.1. The van der Waals surface area contributed by atoms with Crippen molar-refractivity contribution >= 4 is 23.8 Å². The molecule has 9 heteroatoms. The maximum absolute atomic E-state index is 12.6. The van der Waals surface area contributed by atoms with Crippen LogP contribution in [-0.2, 0) is 17.8 Å². The molecule has 0 aliphatic carbocycles. The van der Waals surface area contributed by atoms with Crippen molar-refractivity contribution in [2.45, 2.75) is 26.3 Å². The third-order valence-electron chi connectivity index (χ3n) is 4.15. The molecule has 0 saturated heterocycles. The van der Waals surface area contributed by atoms with Crippen molar-refractivity contribution < 1.29 is 14.3 Å². The summed E-state index contributed by atoms with van der Waals surface area (Å²) in [6.45, 7) is 2.06. The number of benzene rings is 1. The molecular weight excluding hydrogens is 378 g/mol. The molecule has 3 rings (SSSR count). The first-order chi connectivity index (χ1) is 13.6. The number of anilines is 1. The maximum Gasteiger partial charge on any atom is 0.246 e. The summed E-state index contributed by atoms with van der Waals surface area (Å²) in [5, 5.41) is 7.39. The Bertz CT molecular complexity index is 1010. The molecule has 2 heterocycles. The van der Waals surface area contributed by atoms with Crippen LogP contribution in [0.25, 0.3) is 0 Å². The van der Waals surface area contributed by atoms with Gasteiger partial charge in [0.15, 0.2) is 5.82 Å². The van der Waals surface area contributed by atoms with E-state index in [-0.39, 0.29) is 12.5 Å². The number of carbonyl (C=O) groups is 1. The molecule has 148 valence electrons. The Morgan fingerprint density at radius 3 is 2.61 bits per heavy atom. The lowest BCUT2D eigenvalue weighted by atomic mass is 10.2. The first-order valence-corrected chi connectivity index (χ1v) is 9.32. The van der Waals surface area contributed by atoms with Crippen molar-refractivity contribution in [3.63, 3.8) is 0 Å². The number of aromatic nitrogens is 4. The summed E-state index contributed by atoms with van der Waals surface area (Å²) in [4.78, 5) is 12.6. The number of carbonyl (C=O) groups excluding carboxylic acids is 1. The number of nitrogens with zero attached hydrogens (tertiary/aromatic N) is 4. The molecule has 2 aromatic heterocycles. The van der Waals surface area contributed by atoms with Gasteiger partial charge in [0.2, 0.25) is 10.7 Å². The summed E-state index contributed by atoms with van der Waals surface area (Å²) in [5.74, 6) is 1.70. The van der Waals surface area contributed by atoms with E-state index in [1.807, 2.05) is 33.9 Å². The zero-order valence-electron chi connectivity index (χ0n) is 16.1. The van der Waals surface area contributed by atoms with Gasteiger partial charge < -0.3 is 14.8 Å². The van der Waals surface area contributed by atoms with E-state index in [0.29, 0.717) is 22.0 Å². The van der Waals surface area contributed by atoms with Crippen LogP contribution in [0.5, 0.6) is 11.5 Å². The number of methoxy groups -OCH3 is 2. The van der Waals surface area contributed by atoms with Gasteiger partial charge in [-0.25, -0.2) is 9.36 Å². The summed E-state index contributed by atoms with van der Waals surface area (Å²) in [6.07, 6.45) is 5.45. The minimum absolute atomic E-state index is 0.00974. The number of amides is 1. The predicted octanol–water partition coefficient (Wildman–Crippen LogP) is 3.14. The lowest BCUT2D eigenvalue weighted by molar-refractivity contribution is -0.116. The van der Waals surface area contributed by atoms with Gasteiger partial charge in [-0.05, 0) is 42.9 Å². The number of aryl methyl sites for hydroxylation is 1. The second-order valence-corrected chi connectivity index (χ2v) is 6.46. The zero-order valence-corrected chi connectivity index (χ0v) is 16.9. The number of hydrogen-bond donors (Lipinski definition) is 1. The Labute approximate surface area is 168 Å². The maximum atomic E-state index is 12.6. The molecule has 0 atom stereocenters.